The normalized spacial score (nSPS) is 24.2. The van der Waals surface area contributed by atoms with Crippen LogP contribution in [0.5, 0.6) is 0 Å². The highest BCUT2D eigenvalue weighted by molar-refractivity contribution is 14.2. The summed E-state index contributed by atoms with van der Waals surface area (Å²) in [6.07, 6.45) is -7.36. The third kappa shape index (κ3) is 20.5. The number of nitrogens with zero attached hydrogens (tertiary/aromatic N) is 3. The molecule has 0 spiro atoms. The van der Waals surface area contributed by atoms with E-state index in [1.54, 1.807) is 25.7 Å². The van der Waals surface area contributed by atoms with Gasteiger partial charge in [-0.15, -0.1) is 12.4 Å². The Kier molecular flexibility index (Phi) is 26.9. The number of fused-ring (bicyclic) bond motifs is 2. The van der Waals surface area contributed by atoms with Crippen molar-refractivity contribution in [2.45, 2.75) is 224 Å². The fourth-order valence-electron chi connectivity index (χ4n) is 11.8. The van der Waals surface area contributed by atoms with Crippen LogP contribution in [-0.2, 0) is 62.3 Å². The van der Waals surface area contributed by atoms with Crippen LogP contribution < -0.4 is 22.5 Å². The molecule has 7 aliphatic rings. The maximum absolute atomic E-state index is 13.8. The molecule has 3 heterocycles. The number of piperidine rings is 2. The molecule has 0 aromatic heterocycles. The summed E-state index contributed by atoms with van der Waals surface area (Å²) >= 11 is 4.79. The van der Waals surface area contributed by atoms with E-state index in [1.165, 1.54) is 11.3 Å². The summed E-state index contributed by atoms with van der Waals surface area (Å²) in [5.41, 5.74) is 9.49. The number of amides is 7. The lowest BCUT2D eigenvalue weighted by atomic mass is 9.84. The average molecular weight is 1570 g/mol. The highest BCUT2D eigenvalue weighted by Crippen LogP contribution is 2.66. The summed E-state index contributed by atoms with van der Waals surface area (Å²) in [6, 6.07) is -3.46. The van der Waals surface area contributed by atoms with E-state index in [-0.39, 0.29) is 108 Å². The number of carbonyl (C=O) groups is 12. The van der Waals surface area contributed by atoms with Crippen LogP contribution in [-0.4, -0.2) is 148 Å². The Labute approximate surface area is 566 Å². The molecular formula is C61H92ClF6I2N7O15. The number of nitrogens with one attached hydrogen (secondary N) is 1. The smallest absolute Gasteiger partial charge is 0.434 e. The van der Waals surface area contributed by atoms with Crippen LogP contribution in [0, 0.1) is 69.0 Å². The molecule has 0 aromatic rings. The van der Waals surface area contributed by atoms with Gasteiger partial charge in [0.05, 0.1) is 20.1 Å². The van der Waals surface area contributed by atoms with Gasteiger partial charge in [0.15, 0.2) is 11.6 Å². The largest absolute Gasteiger partial charge is 0.534 e. The SMILES string of the molecule is CC(C)(C)C(N)C(=O)N1CC2[C@@H](C1C(=O)CC(CC1CC1)C(=O)C(N)=O)C2(C)C.CC(C)(C)C(NC(=O)OC(C)(C)C(F)(F)F)C(=O)N1CC2[C@@H](C1C(=O)CC(CC1CC1)C(=O)C(N)=O)C2(C)C.CC(C)(OC(=O)ON1C(=O)CCC1=O)C(F)(F)F.CCC(I)I.Cl. The van der Waals surface area contributed by atoms with Gasteiger partial charge in [-0.1, -0.05) is 152 Å². The number of alkyl halides is 8. The molecule has 4 saturated carbocycles. The van der Waals surface area contributed by atoms with Crippen molar-refractivity contribution in [3.05, 3.63) is 0 Å². The monoisotopic (exact) mass is 1570 g/mol. The lowest BCUT2D eigenvalue weighted by Gasteiger charge is -2.38. The van der Waals surface area contributed by atoms with Crippen LogP contribution in [0.4, 0.5) is 35.9 Å². The van der Waals surface area contributed by atoms with Crippen molar-refractivity contribution >= 4 is 128 Å². The summed E-state index contributed by atoms with van der Waals surface area (Å²) in [4.78, 5) is 155. The second-order valence-corrected chi connectivity index (χ2v) is 34.7. The van der Waals surface area contributed by atoms with Gasteiger partial charge >= 0.3 is 24.6 Å². The summed E-state index contributed by atoms with van der Waals surface area (Å²) < 4.78 is 86.4. The van der Waals surface area contributed by atoms with Crippen molar-refractivity contribution in [1.82, 2.24) is 20.2 Å². The molecule has 22 nitrogen and oxygen atoms in total. The number of hydroxylamine groups is 2. The first kappa shape index (κ1) is 81.8. The molecule has 524 valence electrons. The van der Waals surface area contributed by atoms with E-state index in [9.17, 15) is 83.9 Å². The quantitative estimate of drug-likeness (QED) is 0.0208. The first-order valence-corrected chi connectivity index (χ1v) is 32.9. The highest BCUT2D eigenvalue weighted by atomic mass is 127. The van der Waals surface area contributed by atoms with Gasteiger partial charge in [0.2, 0.25) is 34.6 Å². The predicted molar refractivity (Wildman–Crippen MR) is 340 cm³/mol. The van der Waals surface area contributed by atoms with Gasteiger partial charge in [0.1, 0.15) is 6.04 Å². The Morgan fingerprint density at radius 1 is 0.609 bits per heavy atom. The lowest BCUT2D eigenvalue weighted by Crippen LogP contribution is -2.59. The molecule has 92 heavy (non-hydrogen) atoms. The molecule has 7 amide bonds. The van der Waals surface area contributed by atoms with Gasteiger partial charge < -0.3 is 41.8 Å². The standard InChI is InChI=1S/C27H40F3N3O6.C22H35N3O4.C9H10F3NO5.C3H6I2.ClH/c1-24(2,3)20(32-23(38)39-26(6,7)27(28,29)30)22(37)33-12-15-17(25(15,4)5)18(33)16(34)11-14(10-13-8-9-13)19(35)21(31)36;1-21(2,3)18(23)20(29)25-10-13-15(22(13,4)5)16(25)14(26)9-12(8-11-6-7-11)17(27)19(24)28;1-8(2,9(10,11)12)17-7(16)18-13-5(14)3-4-6(13)15;1-2-3(4)5;/h13-15,17-18,20H,8-12H2,1-7H3,(H2,31,36)(H,32,38);11-13,15-16,18H,6-10,23H2,1-5H3,(H2,24,28);3-4H2,1-2H3;3H,2H2,1H3;1H/t14?,15?,17-,18?,20?;12?,13?,15-,16?,18?;;;/m00.../s1. The zero-order valence-corrected chi connectivity index (χ0v) is 60.0. The van der Waals surface area contributed by atoms with Crippen molar-refractivity contribution < 1.29 is 98.2 Å². The van der Waals surface area contributed by atoms with Crippen LogP contribution in [0.3, 0.4) is 0 Å². The number of alkyl carbamates (subject to hydrolysis) is 1. The fraction of sp³-hybridized carbons (Fsp3) is 0.803. The molecule has 7 N–H and O–H groups in total. The molecule has 7 rings (SSSR count). The number of ketones is 4. The van der Waals surface area contributed by atoms with E-state index >= 15 is 0 Å². The van der Waals surface area contributed by atoms with E-state index in [0.29, 0.717) is 53.0 Å². The maximum atomic E-state index is 13.8. The van der Waals surface area contributed by atoms with Gasteiger partial charge in [-0.25, -0.2) is 9.59 Å². The number of likely N-dealkylation sites (tertiary alicyclic amines) is 2. The van der Waals surface area contributed by atoms with Gasteiger partial charge in [0, 0.05) is 50.6 Å². The number of halogens is 9. The molecule has 4 aliphatic carbocycles. The van der Waals surface area contributed by atoms with Crippen LogP contribution in [0.1, 0.15) is 174 Å². The van der Waals surface area contributed by atoms with Crippen molar-refractivity contribution in [3.63, 3.8) is 0 Å². The van der Waals surface area contributed by atoms with E-state index in [4.69, 9.17) is 17.2 Å². The minimum absolute atomic E-state index is 0. The third-order valence-corrected chi connectivity index (χ3v) is 20.3. The zero-order valence-electron chi connectivity index (χ0n) is 54.8. The van der Waals surface area contributed by atoms with Crippen molar-refractivity contribution in [3.8, 4) is 0 Å². The van der Waals surface area contributed by atoms with Crippen molar-refractivity contribution in [2.24, 2.45) is 86.2 Å². The second kappa shape index (κ2) is 30.3. The van der Waals surface area contributed by atoms with E-state index in [1.807, 2.05) is 34.6 Å². The van der Waals surface area contributed by atoms with Gasteiger partial charge in [0.25, 0.3) is 23.6 Å². The minimum atomic E-state index is -4.83. The average Bonchev–Trinajstić information content (AvgIpc) is 1.53. The van der Waals surface area contributed by atoms with E-state index in [0.717, 1.165) is 27.6 Å². The fourth-order valence-corrected chi connectivity index (χ4v) is 11.8. The van der Waals surface area contributed by atoms with Crippen molar-refractivity contribution in [1.29, 1.82) is 0 Å². The number of Topliss-reactive ketones (excluding diaryl/α,β-unsaturated/α-hetero) is 4. The summed E-state index contributed by atoms with van der Waals surface area (Å²) in [6.45, 7) is 24.4. The van der Waals surface area contributed by atoms with Crippen LogP contribution >= 0.6 is 57.6 Å². The molecule has 0 radical (unpaired) electrons. The lowest BCUT2D eigenvalue weighted by molar-refractivity contribution is -0.256. The molecule has 7 fully saturated rings. The first-order chi connectivity index (χ1) is 41.2. The molecule has 0 aromatic carbocycles. The molecule has 3 aliphatic heterocycles. The Morgan fingerprint density at radius 2 is 0.957 bits per heavy atom. The Hall–Kier alpha value is -4.47. The number of rotatable bonds is 21. The summed E-state index contributed by atoms with van der Waals surface area (Å²) in [5.74, 6) is -7.25. The Bertz CT molecular complexity index is 2800. The molecular weight excluding hydrogens is 1470 g/mol. The Balaban J connectivity index is 0.000000365. The topological polar surface area (TPSA) is 332 Å². The molecule has 8 unspecified atom stereocenters. The number of hydrogen-bond acceptors (Lipinski definition) is 16. The summed E-state index contributed by atoms with van der Waals surface area (Å²) in [5, 5.41) is 2.41. The van der Waals surface area contributed by atoms with E-state index in [2.05, 4.69) is 85.6 Å². The predicted octanol–water partition coefficient (Wildman–Crippen LogP) is 9.21. The van der Waals surface area contributed by atoms with Crippen LogP contribution in [0.15, 0.2) is 0 Å². The van der Waals surface area contributed by atoms with Crippen LogP contribution in [0.25, 0.3) is 0 Å². The van der Waals surface area contributed by atoms with Crippen molar-refractivity contribution in [2.75, 3.05) is 13.1 Å². The maximum Gasteiger partial charge on any atom is 0.534 e. The van der Waals surface area contributed by atoms with Gasteiger partial charge in [-0.3, -0.25) is 52.8 Å². The molecule has 3 saturated heterocycles. The number of carbonyl (C=O) groups excluding carboxylic acids is 12. The second-order valence-electron chi connectivity index (χ2n) is 29.3. The third-order valence-electron chi connectivity index (χ3n) is 18.5. The van der Waals surface area contributed by atoms with Gasteiger partial charge in [-0.05, 0) is 104 Å². The van der Waals surface area contributed by atoms with Crippen LogP contribution in [0.2, 0.25) is 0 Å². The number of primary amides is 2. The molecule has 31 heteroatoms. The number of hydrogen-bond donors (Lipinski definition) is 4. The summed E-state index contributed by atoms with van der Waals surface area (Å²) in [7, 11) is 0. The highest BCUT2D eigenvalue weighted by Gasteiger charge is 2.71. The first-order valence-electron chi connectivity index (χ1n) is 30.4. The molecule has 10 atom stereocenters. The minimum Gasteiger partial charge on any atom is -0.434 e. The Morgan fingerprint density at radius 3 is 1.26 bits per heavy atom. The zero-order chi connectivity index (χ0) is 70.2. The number of imide groups is 1. The van der Waals surface area contributed by atoms with Gasteiger partial charge in [-0.2, -0.15) is 26.3 Å². The number of nitrogens with two attached hydrogens (primary N) is 3. The van der Waals surface area contributed by atoms with E-state index < -0.39 is 124 Å². The number of ether oxygens (including phenoxy) is 2. The molecule has 0 bridgehead atoms.